The predicted molar refractivity (Wildman–Crippen MR) is 80.0 cm³/mol. The molecule has 6 nitrogen and oxygen atoms in total. The summed E-state index contributed by atoms with van der Waals surface area (Å²) in [4.78, 5) is 23.8. The quantitative estimate of drug-likeness (QED) is 0.306. The van der Waals surface area contributed by atoms with Gasteiger partial charge in [-0.15, -0.1) is 0 Å². The third-order valence-corrected chi connectivity index (χ3v) is 17.9. The van der Waals surface area contributed by atoms with Crippen molar-refractivity contribution in [3.63, 3.8) is 0 Å². The average Bonchev–Trinajstić information content (AvgIpc) is 3.17. The van der Waals surface area contributed by atoms with E-state index in [0.29, 0.717) is 22.2 Å². The fourth-order valence-electron chi connectivity index (χ4n) is 1.64. The fourth-order valence-corrected chi connectivity index (χ4v) is 16.5. The summed E-state index contributed by atoms with van der Waals surface area (Å²) in [6.07, 6.45) is 0. The predicted octanol–water partition coefficient (Wildman–Crippen LogP) is -1.31. The van der Waals surface area contributed by atoms with Crippen LogP contribution in [0, 0.1) is 0 Å². The van der Waals surface area contributed by atoms with E-state index < -0.39 is 11.9 Å². The van der Waals surface area contributed by atoms with Crippen LogP contribution in [0.4, 0.5) is 0 Å². The summed E-state index contributed by atoms with van der Waals surface area (Å²) in [5.41, 5.74) is 0. The first-order chi connectivity index (χ1) is 10.6. The Morgan fingerprint density at radius 3 is 1.64 bits per heavy atom. The summed E-state index contributed by atoms with van der Waals surface area (Å²) >= 11 is -0.0725. The molecule has 22 heavy (non-hydrogen) atoms. The average molecular weight is 566 g/mol. The van der Waals surface area contributed by atoms with Gasteiger partial charge < -0.3 is 0 Å². The number of esters is 2. The molecule has 0 unspecified atom stereocenters. The molecule has 0 spiro atoms. The van der Waals surface area contributed by atoms with Gasteiger partial charge in [0.1, 0.15) is 0 Å². The van der Waals surface area contributed by atoms with Crippen molar-refractivity contribution >= 4 is 71.8 Å². The normalized spacial score (nSPS) is 20.6. The van der Waals surface area contributed by atoms with Gasteiger partial charge in [-0.25, -0.2) is 0 Å². The van der Waals surface area contributed by atoms with Crippen molar-refractivity contribution in [3.05, 3.63) is 25.0 Å². The Balaban J connectivity index is 1.84. The van der Waals surface area contributed by atoms with Gasteiger partial charge in [0.05, 0.1) is 0 Å². The van der Waals surface area contributed by atoms with Crippen molar-refractivity contribution in [2.45, 2.75) is 0 Å². The van der Waals surface area contributed by atoms with Crippen molar-refractivity contribution in [3.8, 4) is 0 Å². The Labute approximate surface area is 152 Å². The van der Waals surface area contributed by atoms with Crippen molar-refractivity contribution < 1.29 is 28.5 Å². The van der Waals surface area contributed by atoms with Crippen molar-refractivity contribution in [2.24, 2.45) is 0 Å². The van der Waals surface area contributed by atoms with Gasteiger partial charge in [0.15, 0.2) is 0 Å². The van der Waals surface area contributed by atoms with Crippen LogP contribution in [0.5, 0.6) is 0 Å². The molecule has 0 fully saturated rings. The fraction of sp³-hybridized carbons (Fsp3) is 0.333. The van der Waals surface area contributed by atoms with Crippen LogP contribution in [0.2, 0.25) is 0 Å². The molecule has 0 atom stereocenters. The summed E-state index contributed by atoms with van der Waals surface area (Å²) in [7, 11) is 2.67. The third kappa shape index (κ3) is 3.21. The maximum atomic E-state index is 11.9. The molecule has 0 aromatic rings. The maximum absolute atomic E-state index is 11.9. The van der Waals surface area contributed by atoms with Gasteiger partial charge in [0, 0.05) is 0 Å². The van der Waals surface area contributed by atoms with E-state index in [1.807, 2.05) is 0 Å². The summed E-state index contributed by atoms with van der Waals surface area (Å²) in [5, 5.41) is 0. The van der Waals surface area contributed by atoms with E-state index in [4.69, 9.17) is 18.9 Å². The van der Waals surface area contributed by atoms with E-state index in [9.17, 15) is 9.59 Å². The van der Waals surface area contributed by atoms with Crippen LogP contribution >= 0.6 is 0 Å². The Bertz CT molecular complexity index is 586. The minimum absolute atomic E-state index is 0.126. The monoisotopic (exact) mass is 570 g/mol. The summed E-state index contributed by atoms with van der Waals surface area (Å²) < 4.78 is 26.5. The Hall–Kier alpha value is -0.162. The Kier molecular flexibility index (Phi) is 5.43. The zero-order valence-electron chi connectivity index (χ0n) is 11.5. The number of carbonyl (C=O) groups excluding carboxylic acids is 2. The molecular formula is C12H10O6Se4. The van der Waals surface area contributed by atoms with Gasteiger partial charge in [-0.1, -0.05) is 0 Å². The minimum atomic E-state index is -0.416. The van der Waals surface area contributed by atoms with Gasteiger partial charge in [0.2, 0.25) is 0 Å². The van der Waals surface area contributed by atoms with Gasteiger partial charge in [0.25, 0.3) is 0 Å². The first-order valence-corrected chi connectivity index (χ1v) is 12.9. The van der Waals surface area contributed by atoms with Gasteiger partial charge in [-0.3, -0.25) is 0 Å². The molecule has 0 saturated heterocycles. The molecule has 3 heterocycles. The number of hydrogen-bond donors (Lipinski definition) is 0. The standard InChI is InChI=1S/C12H10O6Se4/c1-15-7(13)5-6(8(14)16-2)20-11(19-5)12-21-9-10(22-12)18-4-3-17-9/h3-4H2,1-2H3. The molecular weight excluding hydrogens is 556 g/mol. The third-order valence-electron chi connectivity index (χ3n) is 2.59. The van der Waals surface area contributed by atoms with Gasteiger partial charge in [-0.05, 0) is 0 Å². The second-order valence-corrected chi connectivity index (χ2v) is 14.9. The SMILES string of the molecule is COC(=O)C1=C(C(=O)OC)[Se]C(=C2[Se]C3=C(OCCO3)[Se]2)[Se]1. The van der Waals surface area contributed by atoms with Crippen molar-refractivity contribution in [1.82, 2.24) is 0 Å². The summed E-state index contributed by atoms with van der Waals surface area (Å²) in [6.45, 7) is 1.21. The van der Waals surface area contributed by atoms with Crippen LogP contribution in [0.3, 0.4) is 0 Å². The number of hydrogen-bond acceptors (Lipinski definition) is 6. The molecule has 0 amide bonds. The van der Waals surface area contributed by atoms with E-state index >= 15 is 0 Å². The van der Waals surface area contributed by atoms with E-state index in [0.717, 1.165) is 9.32 Å². The van der Waals surface area contributed by atoms with Crippen LogP contribution in [0.25, 0.3) is 0 Å². The second kappa shape index (κ2) is 7.16. The molecule has 0 aliphatic carbocycles. The van der Waals surface area contributed by atoms with Crippen molar-refractivity contribution in [1.29, 1.82) is 0 Å². The molecule has 0 saturated carbocycles. The molecule has 0 radical (unpaired) electrons. The Morgan fingerprint density at radius 2 is 1.23 bits per heavy atom. The zero-order valence-corrected chi connectivity index (χ0v) is 18.3. The van der Waals surface area contributed by atoms with Gasteiger partial charge >= 0.3 is 153 Å². The molecule has 0 bridgehead atoms. The van der Waals surface area contributed by atoms with E-state index in [1.165, 1.54) is 21.0 Å². The van der Waals surface area contributed by atoms with Crippen LogP contribution in [-0.4, -0.2) is 99.2 Å². The van der Waals surface area contributed by atoms with Crippen LogP contribution in [0.1, 0.15) is 0 Å². The van der Waals surface area contributed by atoms with E-state index in [2.05, 4.69) is 0 Å². The Morgan fingerprint density at radius 1 is 0.818 bits per heavy atom. The van der Waals surface area contributed by atoms with Crippen LogP contribution < -0.4 is 0 Å². The first-order valence-electron chi connectivity index (χ1n) is 6.00. The second-order valence-electron chi connectivity index (χ2n) is 3.90. The van der Waals surface area contributed by atoms with Crippen LogP contribution in [0.15, 0.2) is 25.0 Å². The van der Waals surface area contributed by atoms with Gasteiger partial charge in [-0.2, -0.15) is 0 Å². The molecule has 3 aliphatic heterocycles. The topological polar surface area (TPSA) is 71.1 Å². The summed E-state index contributed by atoms with van der Waals surface area (Å²) in [5.74, 6) is -0.831. The molecule has 0 aromatic heterocycles. The molecule has 0 N–H and O–H groups in total. The number of carbonyl (C=O) groups is 2. The molecule has 10 heteroatoms. The molecule has 3 aliphatic rings. The number of rotatable bonds is 2. The number of methoxy groups -OCH3 is 2. The zero-order chi connectivity index (χ0) is 15.7. The van der Waals surface area contributed by atoms with E-state index in [1.54, 1.807) is 0 Å². The van der Waals surface area contributed by atoms with Crippen molar-refractivity contribution in [2.75, 3.05) is 27.4 Å². The molecule has 0 aromatic carbocycles. The summed E-state index contributed by atoms with van der Waals surface area (Å²) in [6, 6.07) is 0. The molecule has 118 valence electrons. The van der Waals surface area contributed by atoms with E-state index in [-0.39, 0.29) is 59.8 Å². The number of ether oxygens (including phenoxy) is 4. The first kappa shape index (κ1) is 16.7. The molecule has 3 rings (SSSR count). The van der Waals surface area contributed by atoms with Crippen LogP contribution in [-0.2, 0) is 28.5 Å².